The molecule has 0 aliphatic rings. The van der Waals surface area contributed by atoms with Gasteiger partial charge in [0.25, 0.3) is 0 Å². The predicted molar refractivity (Wildman–Crippen MR) is 94.5 cm³/mol. The Morgan fingerprint density at radius 1 is 0.870 bits per heavy atom. The van der Waals surface area contributed by atoms with Crippen molar-refractivity contribution in [2.75, 3.05) is 0 Å². The standard InChI is InChI=1S/C19H36O4/c1-2-3-4-9-12-17(20)15-16-18(21)13-10-7-5-6-8-11-14-19(22)23/h4,9,17-18,20-21H,2-3,5-8,10-16H2,1H3,(H,22,23). The van der Waals surface area contributed by atoms with Crippen LogP contribution in [0.15, 0.2) is 12.2 Å². The molecule has 0 aromatic heterocycles. The number of carboxylic acid groups (broad SMARTS) is 1. The zero-order valence-electron chi connectivity index (χ0n) is 14.8. The first-order valence-electron chi connectivity index (χ1n) is 9.29. The van der Waals surface area contributed by atoms with Gasteiger partial charge in [-0.1, -0.05) is 57.6 Å². The van der Waals surface area contributed by atoms with Gasteiger partial charge in [0.15, 0.2) is 0 Å². The van der Waals surface area contributed by atoms with E-state index < -0.39 is 5.97 Å². The van der Waals surface area contributed by atoms with Gasteiger partial charge in [-0.15, -0.1) is 0 Å². The average Bonchev–Trinajstić information content (AvgIpc) is 2.51. The molecule has 0 amide bonds. The number of rotatable bonds is 16. The summed E-state index contributed by atoms with van der Waals surface area (Å²) in [6.45, 7) is 2.13. The largest absolute Gasteiger partial charge is 0.481 e. The fraction of sp³-hybridized carbons (Fsp3) is 0.842. The zero-order chi connectivity index (χ0) is 17.3. The Balaban J connectivity index is 3.39. The molecule has 0 aliphatic carbocycles. The molecule has 3 N–H and O–H groups in total. The Kier molecular flexibility index (Phi) is 15.4. The third-order valence-corrected chi connectivity index (χ3v) is 4.04. The molecule has 0 fully saturated rings. The van der Waals surface area contributed by atoms with Gasteiger partial charge in [0.2, 0.25) is 0 Å². The lowest BCUT2D eigenvalue weighted by molar-refractivity contribution is -0.137. The number of hydrogen-bond acceptors (Lipinski definition) is 3. The molecule has 0 rings (SSSR count). The Labute approximate surface area is 141 Å². The third kappa shape index (κ3) is 17.3. The van der Waals surface area contributed by atoms with Crippen molar-refractivity contribution in [2.24, 2.45) is 0 Å². The lowest BCUT2D eigenvalue weighted by Crippen LogP contribution is -2.12. The highest BCUT2D eigenvalue weighted by Gasteiger charge is 2.08. The molecule has 0 saturated carbocycles. The molecule has 2 unspecified atom stereocenters. The number of aliphatic hydroxyl groups is 2. The van der Waals surface area contributed by atoms with Gasteiger partial charge in [-0.25, -0.2) is 0 Å². The van der Waals surface area contributed by atoms with E-state index in [1.165, 1.54) is 0 Å². The molecular formula is C19H36O4. The first-order chi connectivity index (χ1) is 11.1. The fourth-order valence-electron chi connectivity index (χ4n) is 2.55. The zero-order valence-corrected chi connectivity index (χ0v) is 14.8. The van der Waals surface area contributed by atoms with Gasteiger partial charge in [0.05, 0.1) is 12.2 Å². The summed E-state index contributed by atoms with van der Waals surface area (Å²) in [5.41, 5.74) is 0. The summed E-state index contributed by atoms with van der Waals surface area (Å²) < 4.78 is 0. The Bertz CT molecular complexity index is 302. The van der Waals surface area contributed by atoms with Crippen molar-refractivity contribution in [3.63, 3.8) is 0 Å². The van der Waals surface area contributed by atoms with Crippen LogP contribution in [0, 0.1) is 0 Å². The molecule has 0 bridgehead atoms. The number of unbranched alkanes of at least 4 members (excludes halogenated alkanes) is 6. The van der Waals surface area contributed by atoms with E-state index in [0.29, 0.717) is 19.3 Å². The number of hydrogen-bond donors (Lipinski definition) is 3. The van der Waals surface area contributed by atoms with Crippen LogP contribution in [0.4, 0.5) is 0 Å². The number of aliphatic carboxylic acids is 1. The van der Waals surface area contributed by atoms with E-state index in [-0.39, 0.29) is 18.6 Å². The molecule has 0 aliphatic heterocycles. The molecule has 136 valence electrons. The van der Waals surface area contributed by atoms with Gasteiger partial charge < -0.3 is 15.3 Å². The first kappa shape index (κ1) is 22.1. The second kappa shape index (κ2) is 16.0. The van der Waals surface area contributed by atoms with Crippen molar-refractivity contribution in [3.05, 3.63) is 12.2 Å². The fourth-order valence-corrected chi connectivity index (χ4v) is 2.55. The van der Waals surface area contributed by atoms with Gasteiger partial charge in [-0.3, -0.25) is 4.79 Å². The molecule has 0 heterocycles. The predicted octanol–water partition coefficient (Wildman–Crippen LogP) is 4.44. The first-order valence-corrected chi connectivity index (χ1v) is 9.29. The number of aliphatic hydroxyl groups excluding tert-OH is 2. The normalized spacial score (nSPS) is 14.2. The van der Waals surface area contributed by atoms with Crippen LogP contribution in [0.3, 0.4) is 0 Å². The summed E-state index contributed by atoms with van der Waals surface area (Å²) >= 11 is 0. The molecule has 2 atom stereocenters. The van der Waals surface area contributed by atoms with Gasteiger partial charge in [0, 0.05) is 6.42 Å². The smallest absolute Gasteiger partial charge is 0.303 e. The average molecular weight is 328 g/mol. The highest BCUT2D eigenvalue weighted by Crippen LogP contribution is 2.13. The maximum atomic E-state index is 10.4. The van der Waals surface area contributed by atoms with E-state index in [4.69, 9.17) is 5.11 Å². The van der Waals surface area contributed by atoms with E-state index in [1.54, 1.807) is 0 Å². The summed E-state index contributed by atoms with van der Waals surface area (Å²) in [7, 11) is 0. The minimum Gasteiger partial charge on any atom is -0.481 e. The number of carboxylic acids is 1. The monoisotopic (exact) mass is 328 g/mol. The molecule has 0 aromatic carbocycles. The topological polar surface area (TPSA) is 77.8 Å². The minimum atomic E-state index is -0.712. The van der Waals surface area contributed by atoms with Gasteiger partial charge >= 0.3 is 5.97 Å². The van der Waals surface area contributed by atoms with Crippen LogP contribution in [0.25, 0.3) is 0 Å². The second-order valence-corrected chi connectivity index (χ2v) is 6.43. The highest BCUT2D eigenvalue weighted by molar-refractivity contribution is 5.66. The lowest BCUT2D eigenvalue weighted by atomic mass is 10.0. The molecule has 0 aromatic rings. The molecular weight excluding hydrogens is 292 g/mol. The van der Waals surface area contributed by atoms with E-state index in [0.717, 1.165) is 57.8 Å². The van der Waals surface area contributed by atoms with Gasteiger partial charge in [-0.05, 0) is 38.5 Å². The molecule has 4 heteroatoms. The van der Waals surface area contributed by atoms with Crippen molar-refractivity contribution in [2.45, 2.75) is 103 Å². The quantitative estimate of drug-likeness (QED) is 0.289. The second-order valence-electron chi connectivity index (χ2n) is 6.43. The molecule has 23 heavy (non-hydrogen) atoms. The Morgan fingerprint density at radius 2 is 1.48 bits per heavy atom. The van der Waals surface area contributed by atoms with Crippen LogP contribution >= 0.6 is 0 Å². The van der Waals surface area contributed by atoms with Gasteiger partial charge in [0.1, 0.15) is 0 Å². The maximum absolute atomic E-state index is 10.4. The SMILES string of the molecule is CCCC=CCC(O)CCC(O)CCCCCCCCC(=O)O. The summed E-state index contributed by atoms with van der Waals surface area (Å²) in [6.07, 6.45) is 14.8. The van der Waals surface area contributed by atoms with E-state index in [9.17, 15) is 15.0 Å². The van der Waals surface area contributed by atoms with Crippen LogP contribution in [0.5, 0.6) is 0 Å². The molecule has 4 nitrogen and oxygen atoms in total. The summed E-state index contributed by atoms with van der Waals surface area (Å²) in [5, 5.41) is 28.3. The minimum absolute atomic E-state index is 0.272. The Hall–Kier alpha value is -0.870. The van der Waals surface area contributed by atoms with Crippen LogP contribution in [0.2, 0.25) is 0 Å². The van der Waals surface area contributed by atoms with Gasteiger partial charge in [-0.2, -0.15) is 0 Å². The highest BCUT2D eigenvalue weighted by atomic mass is 16.4. The van der Waals surface area contributed by atoms with Crippen molar-refractivity contribution >= 4 is 5.97 Å². The maximum Gasteiger partial charge on any atom is 0.303 e. The summed E-state index contributed by atoms with van der Waals surface area (Å²) in [4.78, 5) is 10.4. The third-order valence-electron chi connectivity index (χ3n) is 4.04. The molecule has 0 saturated heterocycles. The number of carbonyl (C=O) groups is 1. The lowest BCUT2D eigenvalue weighted by Gasteiger charge is -2.13. The number of allylic oxidation sites excluding steroid dienone is 1. The van der Waals surface area contributed by atoms with Crippen molar-refractivity contribution in [3.8, 4) is 0 Å². The van der Waals surface area contributed by atoms with E-state index >= 15 is 0 Å². The van der Waals surface area contributed by atoms with Crippen molar-refractivity contribution < 1.29 is 20.1 Å². The van der Waals surface area contributed by atoms with E-state index in [1.807, 2.05) is 6.08 Å². The van der Waals surface area contributed by atoms with Crippen LogP contribution < -0.4 is 0 Å². The molecule has 0 radical (unpaired) electrons. The van der Waals surface area contributed by atoms with E-state index in [2.05, 4.69) is 13.0 Å². The van der Waals surface area contributed by atoms with Crippen LogP contribution in [-0.4, -0.2) is 33.5 Å². The molecule has 0 spiro atoms. The van der Waals surface area contributed by atoms with Crippen LogP contribution in [0.1, 0.15) is 90.4 Å². The summed E-state index contributed by atoms with van der Waals surface area (Å²) in [6, 6.07) is 0. The van der Waals surface area contributed by atoms with Crippen LogP contribution in [-0.2, 0) is 4.79 Å². The van der Waals surface area contributed by atoms with Crippen molar-refractivity contribution in [1.29, 1.82) is 0 Å². The Morgan fingerprint density at radius 3 is 2.13 bits per heavy atom. The summed E-state index contributed by atoms with van der Waals surface area (Å²) in [5.74, 6) is -0.712. The van der Waals surface area contributed by atoms with Crippen molar-refractivity contribution in [1.82, 2.24) is 0 Å².